The number of amides is 1. The average Bonchev–Trinajstić information content (AvgIpc) is 3.43. The Balaban J connectivity index is 0.000000821. The van der Waals surface area contributed by atoms with E-state index in [-0.39, 0.29) is 23.7 Å². The fourth-order valence-corrected chi connectivity index (χ4v) is 5.14. The molecule has 6 rings (SSSR count). The van der Waals surface area contributed by atoms with Gasteiger partial charge in [-0.1, -0.05) is 0 Å². The SMILES string of the molecule is O=C(N[C@@H]1CN2CCC1CC2)c1nn(CC(F)(F)F)c2ccc(-c3nccs3)cc12.O=CO. The predicted molar refractivity (Wildman–Crippen MR) is 116 cm³/mol. The molecule has 3 aromatic rings. The first-order chi connectivity index (χ1) is 15.8. The molecule has 1 atom stereocenters. The zero-order chi connectivity index (χ0) is 23.6. The van der Waals surface area contributed by atoms with Crippen LogP contribution in [0.25, 0.3) is 21.5 Å². The van der Waals surface area contributed by atoms with Crippen molar-refractivity contribution < 1.29 is 27.9 Å². The molecule has 0 unspecified atom stereocenters. The van der Waals surface area contributed by atoms with Gasteiger partial charge in [-0.25, -0.2) is 4.98 Å². The molecule has 2 aromatic heterocycles. The first-order valence-corrected chi connectivity index (χ1v) is 11.3. The van der Waals surface area contributed by atoms with Crippen LogP contribution in [-0.4, -0.2) is 69.0 Å². The summed E-state index contributed by atoms with van der Waals surface area (Å²) in [5.74, 6) is -0.00989. The van der Waals surface area contributed by atoms with E-state index in [0.29, 0.717) is 11.3 Å². The third-order valence-electron chi connectivity index (χ3n) is 5.95. The van der Waals surface area contributed by atoms with Gasteiger partial charge in [0.25, 0.3) is 12.4 Å². The Morgan fingerprint density at radius 3 is 2.61 bits per heavy atom. The number of alkyl halides is 3. The molecule has 12 heteroatoms. The average molecular weight is 482 g/mol. The molecule has 5 heterocycles. The Bertz CT molecular complexity index is 1120. The van der Waals surface area contributed by atoms with E-state index in [2.05, 4.69) is 20.3 Å². The summed E-state index contributed by atoms with van der Waals surface area (Å²) in [6, 6.07) is 5.00. The van der Waals surface area contributed by atoms with Crippen molar-refractivity contribution in [3.8, 4) is 10.6 Å². The number of rotatable bonds is 4. The Kier molecular flexibility index (Phi) is 6.66. The highest BCUT2D eigenvalue weighted by Crippen LogP contribution is 2.31. The van der Waals surface area contributed by atoms with Crippen LogP contribution >= 0.6 is 11.3 Å². The normalized spacial score (nSPS) is 22.0. The van der Waals surface area contributed by atoms with Gasteiger partial charge in [0.15, 0.2) is 5.69 Å². The second kappa shape index (κ2) is 9.48. The number of nitrogens with one attached hydrogen (secondary N) is 1. The first kappa shape index (κ1) is 23.2. The number of carbonyl (C=O) groups is 2. The lowest BCUT2D eigenvalue weighted by Gasteiger charge is -2.44. The summed E-state index contributed by atoms with van der Waals surface area (Å²) in [6.07, 6.45) is -0.709. The van der Waals surface area contributed by atoms with Crippen molar-refractivity contribution in [1.82, 2.24) is 25.0 Å². The Morgan fingerprint density at radius 2 is 2.03 bits per heavy atom. The summed E-state index contributed by atoms with van der Waals surface area (Å²) in [5.41, 5.74) is 1.07. The smallest absolute Gasteiger partial charge is 0.408 e. The molecule has 3 saturated heterocycles. The van der Waals surface area contributed by atoms with Crippen molar-refractivity contribution in [2.45, 2.75) is 31.6 Å². The fraction of sp³-hybridized carbons (Fsp3) is 0.429. The molecule has 0 spiro atoms. The largest absolute Gasteiger partial charge is 0.483 e. The standard InChI is InChI=1S/C20H20F3N5OS.CH2O2/c21-20(22,23)11-28-16-2-1-13(19-24-5-8-30-19)9-14(16)17(26-28)18(29)25-15-10-27-6-3-12(15)4-7-27;2-1-3/h1-2,5,8-9,12,15H,3-4,6-7,10-11H2,(H,25,29);1H,(H,2,3)/t15-;/m1./s1. The topological polar surface area (TPSA) is 100 Å². The van der Waals surface area contributed by atoms with E-state index in [4.69, 9.17) is 9.90 Å². The highest BCUT2D eigenvalue weighted by Gasteiger charge is 2.36. The summed E-state index contributed by atoms with van der Waals surface area (Å²) in [7, 11) is 0. The number of benzene rings is 1. The molecular formula is C21H22F3N5O3S. The number of carboxylic acid groups (broad SMARTS) is 1. The number of hydrogen-bond acceptors (Lipinski definition) is 6. The van der Waals surface area contributed by atoms with Gasteiger partial charge in [-0.3, -0.25) is 14.3 Å². The number of hydrogen-bond donors (Lipinski definition) is 2. The van der Waals surface area contributed by atoms with Gasteiger partial charge in [-0.05, 0) is 50.0 Å². The second-order valence-electron chi connectivity index (χ2n) is 8.01. The zero-order valence-corrected chi connectivity index (χ0v) is 18.3. The predicted octanol–water partition coefficient (Wildman–Crippen LogP) is 3.25. The van der Waals surface area contributed by atoms with Crippen LogP contribution < -0.4 is 5.32 Å². The lowest BCUT2D eigenvalue weighted by atomic mass is 9.84. The van der Waals surface area contributed by atoms with Crippen LogP contribution in [0, 0.1) is 5.92 Å². The summed E-state index contributed by atoms with van der Waals surface area (Å²) in [5, 5.41) is 17.0. The number of aromatic nitrogens is 3. The second-order valence-corrected chi connectivity index (χ2v) is 8.91. The number of carbonyl (C=O) groups excluding carboxylic acids is 1. The van der Waals surface area contributed by atoms with Crippen molar-refractivity contribution in [3.63, 3.8) is 0 Å². The summed E-state index contributed by atoms with van der Waals surface area (Å²) < 4.78 is 40.1. The number of thiazole rings is 1. The maximum absolute atomic E-state index is 13.1. The minimum absolute atomic E-state index is 0.00459. The maximum Gasteiger partial charge on any atom is 0.408 e. The molecule has 8 nitrogen and oxygen atoms in total. The van der Waals surface area contributed by atoms with Crippen LogP contribution in [0.2, 0.25) is 0 Å². The molecule has 3 fully saturated rings. The number of halogens is 3. The zero-order valence-electron chi connectivity index (χ0n) is 17.5. The van der Waals surface area contributed by atoms with Crippen LogP contribution in [-0.2, 0) is 11.3 Å². The van der Waals surface area contributed by atoms with E-state index in [1.165, 1.54) is 11.3 Å². The third kappa shape index (κ3) is 5.17. The van der Waals surface area contributed by atoms with Crippen LogP contribution in [0.1, 0.15) is 23.3 Å². The van der Waals surface area contributed by atoms with Crippen molar-refractivity contribution in [1.29, 1.82) is 0 Å². The van der Waals surface area contributed by atoms with E-state index in [1.807, 2.05) is 5.38 Å². The third-order valence-corrected chi connectivity index (χ3v) is 6.77. The van der Waals surface area contributed by atoms with E-state index >= 15 is 0 Å². The van der Waals surface area contributed by atoms with Gasteiger partial charge in [0, 0.05) is 35.1 Å². The van der Waals surface area contributed by atoms with Crippen molar-refractivity contribution in [2.24, 2.45) is 5.92 Å². The molecule has 3 aliphatic heterocycles. The van der Waals surface area contributed by atoms with E-state index in [1.54, 1.807) is 24.4 Å². The number of fused-ring (bicyclic) bond motifs is 4. The summed E-state index contributed by atoms with van der Waals surface area (Å²) >= 11 is 1.43. The molecule has 176 valence electrons. The van der Waals surface area contributed by atoms with Crippen molar-refractivity contribution >= 4 is 34.6 Å². The lowest BCUT2D eigenvalue weighted by Crippen LogP contribution is -2.57. The Morgan fingerprint density at radius 1 is 1.30 bits per heavy atom. The monoisotopic (exact) mass is 481 g/mol. The van der Waals surface area contributed by atoms with Gasteiger partial charge in [-0.2, -0.15) is 18.3 Å². The first-order valence-electron chi connectivity index (χ1n) is 10.4. The highest BCUT2D eigenvalue weighted by molar-refractivity contribution is 7.13. The molecule has 0 saturated carbocycles. The Labute approximate surface area is 191 Å². The molecule has 1 amide bonds. The highest BCUT2D eigenvalue weighted by atomic mass is 32.1. The molecule has 1 aromatic carbocycles. The lowest BCUT2D eigenvalue weighted by molar-refractivity contribution is -0.141. The minimum atomic E-state index is -4.43. The molecule has 33 heavy (non-hydrogen) atoms. The Hall–Kier alpha value is -2.99. The maximum atomic E-state index is 13.1. The molecule has 2 N–H and O–H groups in total. The van der Waals surface area contributed by atoms with E-state index in [0.717, 1.165) is 47.7 Å². The molecular weight excluding hydrogens is 459 g/mol. The minimum Gasteiger partial charge on any atom is -0.483 e. The van der Waals surface area contributed by atoms with Crippen LogP contribution in [0.5, 0.6) is 0 Å². The molecule has 0 radical (unpaired) electrons. The number of nitrogens with zero attached hydrogens (tertiary/aromatic N) is 4. The fourth-order valence-electron chi connectivity index (χ4n) is 4.50. The van der Waals surface area contributed by atoms with Gasteiger partial charge in [0.1, 0.15) is 11.6 Å². The summed E-state index contributed by atoms with van der Waals surface area (Å²) in [6.45, 7) is 1.36. The molecule has 0 aliphatic carbocycles. The van der Waals surface area contributed by atoms with Crippen molar-refractivity contribution in [3.05, 3.63) is 35.5 Å². The van der Waals surface area contributed by atoms with Gasteiger partial charge in [-0.15, -0.1) is 11.3 Å². The van der Waals surface area contributed by atoms with Gasteiger partial charge in [0.2, 0.25) is 0 Å². The van der Waals surface area contributed by atoms with E-state index < -0.39 is 18.6 Å². The van der Waals surface area contributed by atoms with Crippen LogP contribution in [0.15, 0.2) is 29.8 Å². The van der Waals surface area contributed by atoms with Gasteiger partial charge >= 0.3 is 6.18 Å². The quantitative estimate of drug-likeness (QED) is 0.555. The van der Waals surface area contributed by atoms with Crippen molar-refractivity contribution in [2.75, 3.05) is 19.6 Å². The molecule has 3 aliphatic rings. The number of piperidine rings is 3. The van der Waals surface area contributed by atoms with Gasteiger partial charge in [0.05, 0.1) is 5.52 Å². The van der Waals surface area contributed by atoms with Gasteiger partial charge < -0.3 is 15.3 Å². The molecule has 2 bridgehead atoms. The van der Waals surface area contributed by atoms with Crippen LogP contribution in [0.3, 0.4) is 0 Å². The van der Waals surface area contributed by atoms with E-state index in [9.17, 15) is 18.0 Å². The van der Waals surface area contributed by atoms with Crippen LogP contribution in [0.4, 0.5) is 13.2 Å². The summed E-state index contributed by atoms with van der Waals surface area (Å²) in [4.78, 5) is 28.0.